The number of hydrogen-bond acceptors (Lipinski definition) is 6. The maximum Gasteiger partial charge on any atom is 0.155 e. The average molecular weight is 612 g/mol. The summed E-state index contributed by atoms with van der Waals surface area (Å²) in [6.45, 7) is 28.0. The molecule has 0 aromatic carbocycles. The van der Waals surface area contributed by atoms with Gasteiger partial charge in [0.2, 0.25) is 0 Å². The van der Waals surface area contributed by atoms with Gasteiger partial charge < -0.3 is 9.30 Å². The minimum absolute atomic E-state index is 0.229. The molecular weight excluding hydrogens is 550 g/mol. The number of carbonyl (C=O) groups excluding carboxylic acids is 1. The third-order valence-electron chi connectivity index (χ3n) is 7.72. The molecule has 0 saturated carbocycles. The Morgan fingerprint density at radius 3 is 1.48 bits per heavy atom. The summed E-state index contributed by atoms with van der Waals surface area (Å²) in [5, 5.41) is 20.6. The molecule has 1 aliphatic carbocycles. The first kappa shape index (κ1) is 39.0. The standard InChI is InChI=1S/C8H16O.C8H12O.2C7H12N2.C5H9N3/c1-7(2)8-3-5-9-6-4-8;1-6(2)7-3-4-8(9)5-7;2*1-7(2,3)6-4-8-9-5-6;1-5(2)8-3-6-7-4-8/h7-8H,3-6H2,1-2H3;5-6H,3-4H2,1-2H3;2*4-5H,1-3H3,(H,8,9);3-5H,1-2H3. The van der Waals surface area contributed by atoms with E-state index >= 15 is 0 Å². The van der Waals surface area contributed by atoms with Crippen molar-refractivity contribution in [1.82, 2.24) is 35.2 Å². The van der Waals surface area contributed by atoms with E-state index in [0.29, 0.717) is 17.7 Å². The third kappa shape index (κ3) is 16.1. The zero-order valence-corrected chi connectivity index (χ0v) is 29.6. The number of ether oxygens (including phenoxy) is 1. The fraction of sp³-hybridized carbons (Fsp3) is 0.686. The van der Waals surface area contributed by atoms with Gasteiger partial charge in [0.15, 0.2) is 5.78 Å². The molecule has 1 saturated heterocycles. The first-order valence-electron chi connectivity index (χ1n) is 16.2. The Morgan fingerprint density at radius 1 is 0.795 bits per heavy atom. The lowest BCUT2D eigenvalue weighted by atomic mass is 9.89. The van der Waals surface area contributed by atoms with Gasteiger partial charge in [0.1, 0.15) is 12.7 Å². The number of ketones is 1. The Bertz CT molecular complexity index is 1100. The second kappa shape index (κ2) is 19.3. The summed E-state index contributed by atoms with van der Waals surface area (Å²) in [5.74, 6) is 2.66. The summed E-state index contributed by atoms with van der Waals surface area (Å²) < 4.78 is 7.19. The van der Waals surface area contributed by atoms with Crippen molar-refractivity contribution in [3.63, 3.8) is 0 Å². The molecule has 0 amide bonds. The Balaban J connectivity index is 0.000000275. The van der Waals surface area contributed by atoms with E-state index in [1.807, 2.05) is 29.4 Å². The molecule has 3 aromatic rings. The summed E-state index contributed by atoms with van der Waals surface area (Å²) in [7, 11) is 0. The highest BCUT2D eigenvalue weighted by molar-refractivity contribution is 5.93. The lowest BCUT2D eigenvalue weighted by Gasteiger charge is -2.24. The van der Waals surface area contributed by atoms with Gasteiger partial charge >= 0.3 is 0 Å². The molecule has 9 heteroatoms. The number of hydrogen-bond donors (Lipinski definition) is 2. The molecule has 2 aliphatic rings. The zero-order valence-electron chi connectivity index (χ0n) is 29.6. The van der Waals surface area contributed by atoms with Crippen LogP contribution in [0.1, 0.15) is 126 Å². The fourth-order valence-electron chi connectivity index (χ4n) is 4.25. The lowest BCUT2D eigenvalue weighted by molar-refractivity contribution is -0.114. The minimum atomic E-state index is 0.229. The molecule has 2 N–H and O–H groups in total. The van der Waals surface area contributed by atoms with Gasteiger partial charge in [0.05, 0.1) is 12.4 Å². The number of aromatic amines is 2. The fourth-order valence-corrected chi connectivity index (χ4v) is 4.25. The van der Waals surface area contributed by atoms with Crippen LogP contribution in [0.25, 0.3) is 0 Å². The van der Waals surface area contributed by atoms with Crippen molar-refractivity contribution in [2.75, 3.05) is 13.2 Å². The second-order valence-corrected chi connectivity index (χ2v) is 14.5. The van der Waals surface area contributed by atoms with E-state index in [-0.39, 0.29) is 10.8 Å². The van der Waals surface area contributed by atoms with Gasteiger partial charge in [-0.05, 0) is 78.9 Å². The van der Waals surface area contributed by atoms with E-state index in [0.717, 1.165) is 37.9 Å². The van der Waals surface area contributed by atoms with E-state index in [1.165, 1.54) is 29.5 Å². The van der Waals surface area contributed by atoms with Crippen LogP contribution < -0.4 is 0 Å². The predicted octanol–water partition coefficient (Wildman–Crippen LogP) is 8.27. The van der Waals surface area contributed by atoms with Crippen LogP contribution in [-0.4, -0.2) is 54.2 Å². The van der Waals surface area contributed by atoms with Crippen molar-refractivity contribution in [1.29, 1.82) is 0 Å². The van der Waals surface area contributed by atoms with Crippen LogP contribution in [0.3, 0.4) is 0 Å². The molecule has 1 aliphatic heterocycles. The molecule has 0 atom stereocenters. The number of H-pyrrole nitrogens is 2. The molecule has 1 fully saturated rings. The van der Waals surface area contributed by atoms with Crippen LogP contribution in [-0.2, 0) is 20.4 Å². The molecule has 5 rings (SSSR count). The average Bonchev–Trinajstić information content (AvgIpc) is 3.78. The highest BCUT2D eigenvalue weighted by Gasteiger charge is 2.17. The van der Waals surface area contributed by atoms with Crippen LogP contribution in [0.2, 0.25) is 0 Å². The maximum absolute atomic E-state index is 10.7. The molecule has 0 unspecified atom stereocenters. The summed E-state index contributed by atoms with van der Waals surface area (Å²) >= 11 is 0. The normalized spacial score (nSPS) is 15.3. The Labute approximate surface area is 267 Å². The van der Waals surface area contributed by atoms with Crippen molar-refractivity contribution in [2.45, 2.75) is 126 Å². The van der Waals surface area contributed by atoms with Gasteiger partial charge in [-0.25, -0.2) is 0 Å². The number of nitrogens with one attached hydrogen (secondary N) is 2. The van der Waals surface area contributed by atoms with E-state index < -0.39 is 0 Å². The molecule has 0 radical (unpaired) electrons. The van der Waals surface area contributed by atoms with Crippen molar-refractivity contribution >= 4 is 5.78 Å². The number of nitrogens with zero attached hydrogens (tertiary/aromatic N) is 5. The highest BCUT2D eigenvalue weighted by Crippen LogP contribution is 2.23. The zero-order chi connectivity index (χ0) is 33.3. The Kier molecular flexibility index (Phi) is 17.1. The van der Waals surface area contributed by atoms with E-state index in [4.69, 9.17) is 4.74 Å². The molecule has 248 valence electrons. The Hall–Kier alpha value is -3.07. The van der Waals surface area contributed by atoms with Gasteiger partial charge in [0, 0.05) is 38.1 Å². The van der Waals surface area contributed by atoms with Gasteiger partial charge in [0.25, 0.3) is 0 Å². The van der Waals surface area contributed by atoms with Crippen LogP contribution in [0, 0.1) is 17.8 Å². The van der Waals surface area contributed by atoms with Crippen LogP contribution in [0.15, 0.2) is 49.1 Å². The second-order valence-electron chi connectivity index (χ2n) is 14.5. The van der Waals surface area contributed by atoms with Gasteiger partial charge in [-0.3, -0.25) is 15.0 Å². The van der Waals surface area contributed by atoms with Crippen molar-refractivity contribution in [2.24, 2.45) is 17.8 Å². The monoisotopic (exact) mass is 611 g/mol. The van der Waals surface area contributed by atoms with Gasteiger partial charge in [-0.15, -0.1) is 10.2 Å². The Morgan fingerprint density at radius 2 is 1.27 bits per heavy atom. The maximum atomic E-state index is 10.7. The molecule has 44 heavy (non-hydrogen) atoms. The summed E-state index contributed by atoms with van der Waals surface area (Å²) in [4.78, 5) is 10.7. The molecule has 0 bridgehead atoms. The molecule has 4 heterocycles. The van der Waals surface area contributed by atoms with Crippen molar-refractivity contribution in [3.8, 4) is 0 Å². The quantitative estimate of drug-likeness (QED) is 0.308. The molecular formula is C35H61N7O2. The highest BCUT2D eigenvalue weighted by atomic mass is 16.5. The SMILES string of the molecule is CC(C)(C)c1cn[nH]c1.CC(C)(C)c1cn[nH]c1.CC(C)C1=CC(=O)CC1.CC(C)C1CCOCC1.CC(C)n1cnnc1. The first-order valence-corrected chi connectivity index (χ1v) is 16.2. The number of allylic oxidation sites excluding steroid dienone is 2. The third-order valence-corrected chi connectivity index (χ3v) is 7.72. The smallest absolute Gasteiger partial charge is 0.155 e. The predicted molar refractivity (Wildman–Crippen MR) is 181 cm³/mol. The minimum Gasteiger partial charge on any atom is -0.381 e. The first-order chi connectivity index (χ1) is 20.5. The van der Waals surface area contributed by atoms with E-state index in [1.54, 1.807) is 18.7 Å². The summed E-state index contributed by atoms with van der Waals surface area (Å²) in [6.07, 6.45) is 17.1. The van der Waals surface area contributed by atoms with Crippen molar-refractivity contribution < 1.29 is 9.53 Å². The van der Waals surface area contributed by atoms with Crippen LogP contribution in [0.4, 0.5) is 0 Å². The number of carbonyl (C=O) groups is 1. The molecule has 0 spiro atoms. The van der Waals surface area contributed by atoms with E-state index in [2.05, 4.69) is 114 Å². The van der Waals surface area contributed by atoms with E-state index in [9.17, 15) is 4.79 Å². The lowest BCUT2D eigenvalue weighted by Crippen LogP contribution is -2.19. The van der Waals surface area contributed by atoms with Gasteiger partial charge in [-0.1, -0.05) is 74.8 Å². The van der Waals surface area contributed by atoms with Gasteiger partial charge in [-0.2, -0.15) is 10.2 Å². The largest absolute Gasteiger partial charge is 0.381 e. The summed E-state index contributed by atoms with van der Waals surface area (Å²) in [5.41, 5.74) is 4.28. The van der Waals surface area contributed by atoms with Crippen LogP contribution >= 0.6 is 0 Å². The number of rotatable bonds is 3. The van der Waals surface area contributed by atoms with Crippen molar-refractivity contribution in [3.05, 3.63) is 60.2 Å². The van der Waals surface area contributed by atoms with Crippen LogP contribution in [0.5, 0.6) is 0 Å². The number of aromatic nitrogens is 7. The topological polar surface area (TPSA) is 114 Å². The molecule has 9 nitrogen and oxygen atoms in total. The summed E-state index contributed by atoms with van der Waals surface area (Å²) in [6, 6.07) is 0.477. The molecule has 3 aromatic heterocycles.